The highest BCUT2D eigenvalue weighted by Gasteiger charge is 2.41. The van der Waals surface area contributed by atoms with Crippen molar-refractivity contribution < 1.29 is 32.6 Å². The largest absolute Gasteiger partial charge is 0.506 e. The molecule has 13 heteroatoms. The van der Waals surface area contributed by atoms with Crippen molar-refractivity contribution in [3.05, 3.63) is 66.1 Å². The summed E-state index contributed by atoms with van der Waals surface area (Å²) < 4.78 is 47.8. The number of hydrogen-bond donors (Lipinski definition) is 2. The topological polar surface area (TPSA) is 124 Å². The number of phenolic OH excluding ortho intramolecular Hbond substituents is 1. The first-order valence-corrected chi connectivity index (χ1v) is 10.5. The summed E-state index contributed by atoms with van der Waals surface area (Å²) in [4.78, 5) is 23.3. The molecule has 0 fully saturated rings. The van der Waals surface area contributed by atoms with Crippen LogP contribution in [0.5, 0.6) is 5.75 Å². The van der Waals surface area contributed by atoms with E-state index in [2.05, 4.69) is 20.7 Å². The Bertz CT molecular complexity index is 1430. The Labute approximate surface area is 201 Å². The van der Waals surface area contributed by atoms with E-state index in [0.717, 1.165) is 6.20 Å². The van der Waals surface area contributed by atoms with E-state index in [1.807, 2.05) is 0 Å². The van der Waals surface area contributed by atoms with Gasteiger partial charge in [-0.15, -0.1) is 5.10 Å². The molecule has 186 valence electrons. The average Bonchev–Trinajstić information content (AvgIpc) is 3.48. The first-order valence-electron chi connectivity index (χ1n) is 10.5. The van der Waals surface area contributed by atoms with Gasteiger partial charge in [-0.1, -0.05) is 17.3 Å². The van der Waals surface area contributed by atoms with Gasteiger partial charge in [-0.3, -0.25) is 4.79 Å². The number of halogens is 3. The molecule has 0 atom stereocenters. The Morgan fingerprint density at radius 2 is 1.86 bits per heavy atom. The van der Waals surface area contributed by atoms with Crippen LogP contribution in [-0.2, 0) is 15.7 Å². The highest BCUT2D eigenvalue weighted by Crippen LogP contribution is 2.34. The molecule has 0 aliphatic rings. The number of nitrogens with zero attached hydrogens (tertiary/aromatic N) is 5. The standard InChI is InChI=1S/C23H19F3N6O4/c1-3-36-22(35)17-11-27-32(21(17)23(24,25)26)16-7-4-14(5-8-16)18-12-31(30-29-18)19-10-15(28-13(2)33)6-9-20(19)34/h4-12,34H,3H2,1-2H3,(H,28,33). The summed E-state index contributed by atoms with van der Waals surface area (Å²) in [5, 5.41) is 24.6. The number of rotatable bonds is 6. The van der Waals surface area contributed by atoms with E-state index >= 15 is 0 Å². The summed E-state index contributed by atoms with van der Waals surface area (Å²) >= 11 is 0. The summed E-state index contributed by atoms with van der Waals surface area (Å²) in [6.45, 7) is 2.76. The first kappa shape index (κ1) is 24.4. The minimum Gasteiger partial charge on any atom is -0.506 e. The van der Waals surface area contributed by atoms with Crippen LogP contribution in [0.25, 0.3) is 22.6 Å². The molecular formula is C23H19F3N6O4. The lowest BCUT2D eigenvalue weighted by molar-refractivity contribution is -0.143. The molecule has 4 rings (SSSR count). The van der Waals surface area contributed by atoms with Crippen molar-refractivity contribution in [3.63, 3.8) is 0 Å². The SMILES string of the molecule is CCOC(=O)c1cnn(-c2ccc(-c3cn(-c4cc(NC(C)=O)ccc4O)nn3)cc2)c1C(F)(F)F. The van der Waals surface area contributed by atoms with E-state index in [1.165, 1.54) is 67.2 Å². The van der Waals surface area contributed by atoms with Gasteiger partial charge in [0.2, 0.25) is 5.91 Å². The van der Waals surface area contributed by atoms with Crippen LogP contribution in [0.4, 0.5) is 18.9 Å². The number of benzene rings is 2. The maximum atomic E-state index is 13.7. The number of aromatic nitrogens is 5. The molecule has 2 aromatic carbocycles. The third-order valence-electron chi connectivity index (χ3n) is 4.98. The van der Waals surface area contributed by atoms with Gasteiger partial charge in [0.1, 0.15) is 22.7 Å². The van der Waals surface area contributed by atoms with Crippen molar-refractivity contribution in [3.8, 4) is 28.4 Å². The van der Waals surface area contributed by atoms with E-state index in [9.17, 15) is 27.9 Å². The van der Waals surface area contributed by atoms with Crippen LogP contribution < -0.4 is 5.32 Å². The zero-order chi connectivity index (χ0) is 26.0. The lowest BCUT2D eigenvalue weighted by Crippen LogP contribution is -2.18. The first-order chi connectivity index (χ1) is 17.1. The Balaban J connectivity index is 1.65. The third-order valence-corrected chi connectivity index (χ3v) is 4.98. The van der Waals surface area contributed by atoms with Gasteiger partial charge in [0, 0.05) is 18.2 Å². The number of carbonyl (C=O) groups excluding carboxylic acids is 2. The van der Waals surface area contributed by atoms with Gasteiger partial charge < -0.3 is 15.2 Å². The van der Waals surface area contributed by atoms with Gasteiger partial charge in [-0.2, -0.15) is 18.3 Å². The molecule has 0 aliphatic heterocycles. The number of ether oxygens (including phenoxy) is 1. The Kier molecular flexibility index (Phi) is 6.47. The lowest BCUT2D eigenvalue weighted by Gasteiger charge is -2.12. The second kappa shape index (κ2) is 9.52. The molecule has 10 nitrogen and oxygen atoms in total. The van der Waals surface area contributed by atoms with Gasteiger partial charge >= 0.3 is 12.1 Å². The van der Waals surface area contributed by atoms with E-state index in [4.69, 9.17) is 4.74 Å². The van der Waals surface area contributed by atoms with Crippen LogP contribution in [0.2, 0.25) is 0 Å². The molecule has 4 aromatic rings. The Morgan fingerprint density at radius 3 is 2.50 bits per heavy atom. The van der Waals surface area contributed by atoms with Crippen molar-refractivity contribution in [1.29, 1.82) is 0 Å². The van der Waals surface area contributed by atoms with E-state index in [1.54, 1.807) is 0 Å². The van der Waals surface area contributed by atoms with Crippen LogP contribution in [0, 0.1) is 0 Å². The number of amides is 1. The molecule has 0 saturated carbocycles. The number of esters is 1. The highest BCUT2D eigenvalue weighted by atomic mass is 19.4. The van der Waals surface area contributed by atoms with Crippen molar-refractivity contribution in [1.82, 2.24) is 24.8 Å². The summed E-state index contributed by atoms with van der Waals surface area (Å²) in [6, 6.07) is 10.2. The van der Waals surface area contributed by atoms with Gasteiger partial charge in [0.15, 0.2) is 5.69 Å². The maximum absolute atomic E-state index is 13.7. The lowest BCUT2D eigenvalue weighted by atomic mass is 10.1. The third kappa shape index (κ3) is 4.89. The summed E-state index contributed by atoms with van der Waals surface area (Å²) in [6.07, 6.45) is -2.52. The molecule has 2 aromatic heterocycles. The monoisotopic (exact) mass is 500 g/mol. The van der Waals surface area contributed by atoms with Crippen LogP contribution in [0.3, 0.4) is 0 Å². The average molecular weight is 500 g/mol. The second-order valence-corrected chi connectivity index (χ2v) is 7.52. The van der Waals surface area contributed by atoms with Crippen molar-refractivity contribution in [2.45, 2.75) is 20.0 Å². The van der Waals surface area contributed by atoms with Crippen molar-refractivity contribution in [2.24, 2.45) is 0 Å². The summed E-state index contributed by atoms with van der Waals surface area (Å²) in [7, 11) is 0. The molecular weight excluding hydrogens is 481 g/mol. The Morgan fingerprint density at radius 1 is 1.14 bits per heavy atom. The molecule has 0 bridgehead atoms. The van der Waals surface area contributed by atoms with Gasteiger partial charge in [0.25, 0.3) is 0 Å². The van der Waals surface area contributed by atoms with Gasteiger partial charge in [-0.25, -0.2) is 14.2 Å². The predicted molar refractivity (Wildman–Crippen MR) is 121 cm³/mol. The van der Waals surface area contributed by atoms with Gasteiger partial charge in [0.05, 0.1) is 24.7 Å². The van der Waals surface area contributed by atoms with Crippen molar-refractivity contribution >= 4 is 17.6 Å². The molecule has 2 N–H and O–H groups in total. The van der Waals surface area contributed by atoms with E-state index < -0.39 is 23.4 Å². The molecule has 0 radical (unpaired) electrons. The van der Waals surface area contributed by atoms with E-state index in [0.29, 0.717) is 21.6 Å². The van der Waals surface area contributed by atoms with Crippen molar-refractivity contribution in [2.75, 3.05) is 11.9 Å². The molecule has 0 spiro atoms. The molecule has 1 amide bonds. The fraction of sp³-hybridized carbons (Fsp3) is 0.174. The van der Waals surface area contributed by atoms with E-state index in [-0.39, 0.29) is 29.6 Å². The number of phenols is 1. The normalized spacial score (nSPS) is 11.4. The number of hydrogen-bond acceptors (Lipinski definition) is 7. The predicted octanol–water partition coefficient (Wildman–Crippen LogP) is 3.98. The number of anilines is 1. The number of aromatic hydroxyl groups is 1. The number of nitrogens with one attached hydrogen (secondary N) is 1. The van der Waals surface area contributed by atoms with Gasteiger partial charge in [-0.05, 0) is 37.3 Å². The number of carbonyl (C=O) groups is 2. The zero-order valence-electron chi connectivity index (χ0n) is 18.9. The smallest absolute Gasteiger partial charge is 0.434 e. The summed E-state index contributed by atoms with van der Waals surface area (Å²) in [5.41, 5.74) is -0.266. The second-order valence-electron chi connectivity index (χ2n) is 7.52. The molecule has 0 aliphatic carbocycles. The fourth-order valence-electron chi connectivity index (χ4n) is 3.45. The molecule has 36 heavy (non-hydrogen) atoms. The maximum Gasteiger partial charge on any atom is 0.434 e. The minimum atomic E-state index is -4.85. The van der Waals surface area contributed by atoms with Crippen LogP contribution in [-0.4, -0.2) is 48.4 Å². The molecule has 0 saturated heterocycles. The minimum absolute atomic E-state index is 0.0645. The van der Waals surface area contributed by atoms with Crippen LogP contribution >= 0.6 is 0 Å². The van der Waals surface area contributed by atoms with Crippen LogP contribution in [0.15, 0.2) is 54.9 Å². The fourth-order valence-corrected chi connectivity index (χ4v) is 3.45. The highest BCUT2D eigenvalue weighted by molar-refractivity contribution is 5.91. The van der Waals surface area contributed by atoms with Crippen LogP contribution in [0.1, 0.15) is 29.9 Å². The molecule has 0 unspecified atom stereocenters. The summed E-state index contributed by atoms with van der Waals surface area (Å²) in [5.74, 6) is -1.51. The zero-order valence-corrected chi connectivity index (χ0v) is 18.9. The number of alkyl halides is 3. The Hall–Kier alpha value is -4.68. The molecule has 2 heterocycles. The quantitative estimate of drug-likeness (QED) is 0.303.